The van der Waals surface area contributed by atoms with Crippen molar-refractivity contribution >= 4 is 44.2 Å². The lowest BCUT2D eigenvalue weighted by Gasteiger charge is -2.38. The van der Waals surface area contributed by atoms with E-state index in [4.69, 9.17) is 0 Å². The van der Waals surface area contributed by atoms with Crippen molar-refractivity contribution in [3.63, 3.8) is 0 Å². The molecule has 0 bridgehead atoms. The van der Waals surface area contributed by atoms with Gasteiger partial charge in [0.2, 0.25) is 0 Å². The van der Waals surface area contributed by atoms with Crippen LogP contribution in [0.4, 0.5) is 5.69 Å². The van der Waals surface area contributed by atoms with Crippen LogP contribution in [0.1, 0.15) is 29.5 Å². The van der Waals surface area contributed by atoms with Crippen molar-refractivity contribution in [1.82, 2.24) is 0 Å². The first-order valence-electron chi connectivity index (χ1n) is 7.21. The van der Waals surface area contributed by atoms with E-state index in [1.165, 1.54) is 20.4 Å². The average Bonchev–Trinajstić information content (AvgIpc) is 2.98. The quantitative estimate of drug-likeness (QED) is 0.421. The molecule has 0 aromatic heterocycles. The van der Waals surface area contributed by atoms with Gasteiger partial charge in [-0.2, -0.15) is 0 Å². The Bertz CT molecular complexity index is 708. The zero-order chi connectivity index (χ0) is 14.4. The Morgan fingerprint density at radius 2 is 1.90 bits per heavy atom. The van der Waals surface area contributed by atoms with Gasteiger partial charge < -0.3 is 5.32 Å². The first-order valence-corrected chi connectivity index (χ1v) is 9.08. The highest BCUT2D eigenvalue weighted by atomic mass is 127. The third-order valence-corrected chi connectivity index (χ3v) is 6.00. The summed E-state index contributed by atoms with van der Waals surface area (Å²) in [4.78, 5) is 0. The number of rotatable bonds is 1. The molecular formula is C18H15BrIN. The van der Waals surface area contributed by atoms with Crippen molar-refractivity contribution in [1.29, 1.82) is 0 Å². The lowest BCUT2D eigenvalue weighted by atomic mass is 9.77. The molecule has 2 aromatic rings. The van der Waals surface area contributed by atoms with E-state index in [9.17, 15) is 0 Å². The molecule has 0 spiro atoms. The topological polar surface area (TPSA) is 12.0 Å². The van der Waals surface area contributed by atoms with Crippen LogP contribution in [-0.2, 0) is 0 Å². The summed E-state index contributed by atoms with van der Waals surface area (Å²) in [5, 5.41) is 3.81. The van der Waals surface area contributed by atoms with E-state index in [1.54, 1.807) is 0 Å². The van der Waals surface area contributed by atoms with Crippen molar-refractivity contribution in [2.75, 3.05) is 5.32 Å². The highest BCUT2D eigenvalue weighted by Gasteiger charge is 2.38. The smallest absolute Gasteiger partial charge is 0.0554 e. The second kappa shape index (κ2) is 5.43. The van der Waals surface area contributed by atoms with Crippen LogP contribution in [0.25, 0.3) is 0 Å². The Kier molecular flexibility index (Phi) is 3.58. The maximum Gasteiger partial charge on any atom is 0.0554 e. The van der Waals surface area contributed by atoms with Gasteiger partial charge in [0.05, 0.1) is 11.7 Å². The lowest BCUT2D eigenvalue weighted by Crippen LogP contribution is -2.29. The van der Waals surface area contributed by atoms with Crippen LogP contribution in [0.2, 0.25) is 0 Å². The highest BCUT2D eigenvalue weighted by Crippen LogP contribution is 2.50. The van der Waals surface area contributed by atoms with Crippen LogP contribution in [0.15, 0.2) is 59.1 Å². The predicted octanol–water partition coefficient (Wildman–Crippen LogP) is 5.88. The number of para-hydroxylation sites is 1. The molecule has 0 saturated heterocycles. The molecule has 1 aliphatic heterocycles. The minimum atomic E-state index is 0.390. The number of halogens is 2. The number of nitrogens with one attached hydrogen (secondary N) is 1. The number of hydrogen-bond donors (Lipinski definition) is 1. The molecule has 0 amide bonds. The van der Waals surface area contributed by atoms with Crippen LogP contribution in [-0.4, -0.2) is 0 Å². The van der Waals surface area contributed by atoms with E-state index in [0.29, 0.717) is 17.9 Å². The minimum Gasteiger partial charge on any atom is -0.377 e. The van der Waals surface area contributed by atoms with E-state index < -0.39 is 0 Å². The van der Waals surface area contributed by atoms with Crippen molar-refractivity contribution in [3.8, 4) is 0 Å². The Morgan fingerprint density at radius 1 is 1.10 bits per heavy atom. The summed E-state index contributed by atoms with van der Waals surface area (Å²) in [6, 6.07) is 15.8. The van der Waals surface area contributed by atoms with Gasteiger partial charge in [0.25, 0.3) is 0 Å². The summed E-state index contributed by atoms with van der Waals surface area (Å²) in [5.41, 5.74) is 4.15. The van der Waals surface area contributed by atoms with Crippen LogP contribution in [0.5, 0.6) is 0 Å². The van der Waals surface area contributed by atoms with E-state index in [2.05, 4.69) is 98.5 Å². The molecule has 21 heavy (non-hydrogen) atoms. The average molecular weight is 452 g/mol. The Labute approximate surface area is 147 Å². The van der Waals surface area contributed by atoms with Crippen molar-refractivity contribution in [2.45, 2.75) is 18.4 Å². The number of allylic oxidation sites excluding steroid dienone is 2. The molecule has 0 saturated carbocycles. The van der Waals surface area contributed by atoms with Gasteiger partial charge in [0, 0.05) is 14.0 Å². The van der Waals surface area contributed by atoms with Gasteiger partial charge in [0.15, 0.2) is 0 Å². The summed E-state index contributed by atoms with van der Waals surface area (Å²) in [5.74, 6) is 1.17. The zero-order valence-corrected chi connectivity index (χ0v) is 15.1. The Hall–Kier alpha value is -0.810. The molecule has 1 aliphatic carbocycles. The molecule has 4 rings (SSSR count). The minimum absolute atomic E-state index is 0.390. The maximum absolute atomic E-state index is 3.81. The van der Waals surface area contributed by atoms with Crippen LogP contribution >= 0.6 is 38.5 Å². The number of hydrogen-bond acceptors (Lipinski definition) is 1. The number of fused-ring (bicyclic) bond motifs is 3. The van der Waals surface area contributed by atoms with Crippen molar-refractivity contribution in [2.24, 2.45) is 5.92 Å². The maximum atomic E-state index is 3.81. The Balaban J connectivity index is 1.81. The fourth-order valence-electron chi connectivity index (χ4n) is 3.58. The molecule has 0 fully saturated rings. The molecule has 2 aromatic carbocycles. The predicted molar refractivity (Wildman–Crippen MR) is 99.7 cm³/mol. The normalized spacial score (nSPS) is 26.1. The molecule has 1 N–H and O–H groups in total. The highest BCUT2D eigenvalue weighted by molar-refractivity contribution is 14.1. The molecule has 0 radical (unpaired) electrons. The Morgan fingerprint density at radius 3 is 2.71 bits per heavy atom. The molecule has 0 unspecified atom stereocenters. The second-order valence-corrected chi connectivity index (χ2v) is 7.81. The molecule has 106 valence electrons. The monoisotopic (exact) mass is 451 g/mol. The molecule has 3 heteroatoms. The summed E-state index contributed by atoms with van der Waals surface area (Å²) < 4.78 is 2.45. The zero-order valence-electron chi connectivity index (χ0n) is 11.4. The SMILES string of the molecule is Brc1ccc([C@@H]2Nc3c(I)cccc3[C@@H]3C=CC[C@H]32)cc1. The lowest BCUT2D eigenvalue weighted by molar-refractivity contribution is 0.425. The second-order valence-electron chi connectivity index (χ2n) is 5.73. The van der Waals surface area contributed by atoms with Gasteiger partial charge in [-0.3, -0.25) is 0 Å². The molecule has 1 heterocycles. The molecule has 1 nitrogen and oxygen atoms in total. The van der Waals surface area contributed by atoms with Crippen molar-refractivity contribution in [3.05, 3.63) is 73.8 Å². The number of anilines is 1. The fraction of sp³-hybridized carbons (Fsp3) is 0.222. The van der Waals surface area contributed by atoms with E-state index in [1.807, 2.05) is 0 Å². The van der Waals surface area contributed by atoms with Crippen LogP contribution in [0, 0.1) is 9.49 Å². The van der Waals surface area contributed by atoms with Gasteiger partial charge in [-0.15, -0.1) is 0 Å². The van der Waals surface area contributed by atoms with Gasteiger partial charge in [0.1, 0.15) is 0 Å². The van der Waals surface area contributed by atoms with Gasteiger partial charge in [-0.25, -0.2) is 0 Å². The molecule has 3 atom stereocenters. The first kappa shape index (κ1) is 13.8. The third kappa shape index (κ3) is 2.34. The van der Waals surface area contributed by atoms with Crippen LogP contribution < -0.4 is 5.32 Å². The van der Waals surface area contributed by atoms with E-state index in [-0.39, 0.29) is 0 Å². The fourth-order valence-corrected chi connectivity index (χ4v) is 4.52. The van der Waals surface area contributed by atoms with E-state index in [0.717, 1.165) is 10.9 Å². The summed E-state index contributed by atoms with van der Waals surface area (Å²) in [6.45, 7) is 0. The van der Waals surface area contributed by atoms with Crippen LogP contribution in [0.3, 0.4) is 0 Å². The summed E-state index contributed by atoms with van der Waals surface area (Å²) in [7, 11) is 0. The largest absolute Gasteiger partial charge is 0.377 e. The van der Waals surface area contributed by atoms with Crippen molar-refractivity contribution < 1.29 is 0 Å². The van der Waals surface area contributed by atoms with Gasteiger partial charge >= 0.3 is 0 Å². The molecular weight excluding hydrogens is 437 g/mol. The van der Waals surface area contributed by atoms with Gasteiger partial charge in [-0.1, -0.05) is 52.3 Å². The summed E-state index contributed by atoms with van der Waals surface area (Å²) >= 11 is 5.97. The van der Waals surface area contributed by atoms with Gasteiger partial charge in [-0.05, 0) is 64.3 Å². The standard InChI is InChI=1S/C18H15BrIN/c19-12-9-7-11(8-10-12)17-14-4-1-3-13(14)15-5-2-6-16(20)18(15)21-17/h1-3,5-10,13-14,17,21H,4H2/t13-,14-,17+/m1/s1. The third-order valence-electron chi connectivity index (χ3n) is 4.58. The molecule has 2 aliphatic rings. The van der Waals surface area contributed by atoms with E-state index >= 15 is 0 Å². The first-order chi connectivity index (χ1) is 10.2. The summed E-state index contributed by atoms with van der Waals surface area (Å²) in [6.07, 6.45) is 5.90. The number of benzene rings is 2.